The molecule has 1 N–H and O–H groups in total. The predicted octanol–water partition coefficient (Wildman–Crippen LogP) is 3.86. The van der Waals surface area contributed by atoms with Gasteiger partial charge >= 0.3 is 0 Å². The Bertz CT molecular complexity index is 1520. The number of nitrogens with one attached hydrogen (secondary N) is 1. The highest BCUT2D eigenvalue weighted by atomic mass is 35.5. The summed E-state index contributed by atoms with van der Waals surface area (Å²) in [4.78, 5) is 2.53. The van der Waals surface area contributed by atoms with Crippen LogP contribution >= 0.6 is 11.6 Å². The summed E-state index contributed by atoms with van der Waals surface area (Å²) < 4.78 is 46.5. The second-order valence-corrected chi connectivity index (χ2v) is 11.5. The standard InChI is InChI=1S/C25H25ClN4O5S/c26-17-5-6-22-23(11-17)34-18(15-33-22)14-30-9-7-16(8-10-30)13-27-36(31,32)24-12-21-25(35-29-28-21)20-4-2-1-3-19(20)24/h1-6,11-12,16,18,27H,7-10,13-15H2. The van der Waals surface area contributed by atoms with Gasteiger partial charge in [0.05, 0.1) is 4.90 Å². The normalized spacial score (nSPS) is 19.2. The summed E-state index contributed by atoms with van der Waals surface area (Å²) in [5.74, 6) is 1.64. The minimum atomic E-state index is -3.74. The van der Waals surface area contributed by atoms with Crippen LogP contribution in [-0.4, -0.2) is 62.6 Å². The Morgan fingerprint density at radius 2 is 1.86 bits per heavy atom. The van der Waals surface area contributed by atoms with Crippen molar-refractivity contribution in [3.05, 3.63) is 53.6 Å². The number of fused-ring (bicyclic) bond motifs is 4. The molecule has 0 aliphatic carbocycles. The van der Waals surface area contributed by atoms with Crippen LogP contribution in [0.3, 0.4) is 0 Å². The lowest BCUT2D eigenvalue weighted by Crippen LogP contribution is -2.45. The molecule has 1 atom stereocenters. The predicted molar refractivity (Wildman–Crippen MR) is 135 cm³/mol. The van der Waals surface area contributed by atoms with E-state index in [-0.39, 0.29) is 16.9 Å². The molecule has 0 bridgehead atoms. The van der Waals surface area contributed by atoms with Gasteiger partial charge < -0.3 is 14.0 Å². The van der Waals surface area contributed by atoms with E-state index in [2.05, 4.69) is 20.0 Å². The number of likely N-dealkylation sites (tertiary alicyclic amines) is 1. The van der Waals surface area contributed by atoms with Crippen LogP contribution in [0.4, 0.5) is 0 Å². The van der Waals surface area contributed by atoms with Gasteiger partial charge in [0.15, 0.2) is 17.1 Å². The van der Waals surface area contributed by atoms with Gasteiger partial charge in [0.2, 0.25) is 10.0 Å². The summed E-state index contributed by atoms with van der Waals surface area (Å²) in [6.45, 7) is 3.37. The van der Waals surface area contributed by atoms with E-state index in [1.165, 1.54) is 6.07 Å². The number of rotatable bonds is 6. The fraction of sp³-hybridized carbons (Fsp3) is 0.360. The Morgan fingerprint density at radius 3 is 2.69 bits per heavy atom. The number of ether oxygens (including phenoxy) is 2. The van der Waals surface area contributed by atoms with Crippen LogP contribution in [0, 0.1) is 5.92 Å². The zero-order chi connectivity index (χ0) is 24.7. The van der Waals surface area contributed by atoms with Crippen LogP contribution in [-0.2, 0) is 10.0 Å². The van der Waals surface area contributed by atoms with Gasteiger partial charge in [-0.25, -0.2) is 13.1 Å². The first-order valence-electron chi connectivity index (χ1n) is 11.9. The van der Waals surface area contributed by atoms with Crippen molar-refractivity contribution in [1.82, 2.24) is 20.0 Å². The number of sulfonamides is 1. The van der Waals surface area contributed by atoms with Crippen LogP contribution in [0.15, 0.2) is 57.9 Å². The molecule has 11 heteroatoms. The maximum Gasteiger partial charge on any atom is 0.241 e. The minimum absolute atomic E-state index is 0.0692. The first kappa shape index (κ1) is 23.5. The number of aromatic nitrogens is 2. The molecule has 0 spiro atoms. The van der Waals surface area contributed by atoms with Crippen molar-refractivity contribution in [2.45, 2.75) is 23.8 Å². The van der Waals surface area contributed by atoms with E-state index in [9.17, 15) is 8.42 Å². The second kappa shape index (κ2) is 9.51. The van der Waals surface area contributed by atoms with Crippen molar-refractivity contribution >= 4 is 43.5 Å². The highest BCUT2D eigenvalue weighted by Crippen LogP contribution is 2.34. The molecule has 2 aliphatic rings. The molecule has 4 aromatic rings. The molecule has 9 nitrogen and oxygen atoms in total. The van der Waals surface area contributed by atoms with E-state index >= 15 is 0 Å². The van der Waals surface area contributed by atoms with Crippen molar-refractivity contribution in [3.8, 4) is 11.5 Å². The number of nitrogens with zero attached hydrogens (tertiary/aromatic N) is 3. The van der Waals surface area contributed by atoms with Crippen molar-refractivity contribution in [2.24, 2.45) is 5.92 Å². The molecule has 0 amide bonds. The molecule has 1 saturated heterocycles. The fourth-order valence-corrected chi connectivity index (χ4v) is 6.45. The third-order valence-corrected chi connectivity index (χ3v) is 8.56. The summed E-state index contributed by atoms with van der Waals surface area (Å²) in [5.41, 5.74) is 0.900. The third kappa shape index (κ3) is 4.61. The SMILES string of the molecule is O=S(=O)(NCC1CCN(CC2COc3ccc(Cl)cc3O2)CC1)c1cc2nnoc2c2ccccc12. The molecule has 188 valence electrons. The zero-order valence-electron chi connectivity index (χ0n) is 19.4. The van der Waals surface area contributed by atoms with E-state index in [0.29, 0.717) is 51.5 Å². The molecule has 0 radical (unpaired) electrons. The summed E-state index contributed by atoms with van der Waals surface area (Å²) >= 11 is 6.08. The molecule has 1 aromatic heterocycles. The van der Waals surface area contributed by atoms with Gasteiger partial charge in [-0.3, -0.25) is 4.90 Å². The summed E-state index contributed by atoms with van der Waals surface area (Å²) in [6, 6.07) is 14.1. The first-order chi connectivity index (χ1) is 17.5. The van der Waals surface area contributed by atoms with Gasteiger partial charge in [0, 0.05) is 40.2 Å². The topological polar surface area (TPSA) is 107 Å². The molecule has 2 aliphatic heterocycles. The number of hydrogen-bond donors (Lipinski definition) is 1. The average molecular weight is 529 g/mol. The Kier molecular flexibility index (Phi) is 6.20. The molecular weight excluding hydrogens is 504 g/mol. The number of benzene rings is 3. The average Bonchev–Trinajstić information content (AvgIpc) is 3.37. The Labute approximate surface area is 213 Å². The van der Waals surface area contributed by atoms with Crippen molar-refractivity contribution in [3.63, 3.8) is 0 Å². The van der Waals surface area contributed by atoms with Crippen molar-refractivity contribution in [1.29, 1.82) is 0 Å². The van der Waals surface area contributed by atoms with E-state index in [1.54, 1.807) is 24.3 Å². The van der Waals surface area contributed by atoms with Gasteiger partial charge in [-0.15, -0.1) is 5.10 Å². The Hall–Kier alpha value is -2.92. The molecule has 0 saturated carbocycles. The number of piperidine rings is 1. The number of halogens is 1. The van der Waals surface area contributed by atoms with Gasteiger partial charge in [-0.05, 0) is 50.0 Å². The van der Waals surface area contributed by atoms with Crippen LogP contribution in [0.25, 0.3) is 21.9 Å². The zero-order valence-corrected chi connectivity index (χ0v) is 21.0. The van der Waals surface area contributed by atoms with Gasteiger partial charge in [-0.2, -0.15) is 0 Å². The van der Waals surface area contributed by atoms with Gasteiger partial charge in [-0.1, -0.05) is 35.9 Å². The van der Waals surface area contributed by atoms with Crippen LogP contribution < -0.4 is 14.2 Å². The Balaban J connectivity index is 1.06. The lowest BCUT2D eigenvalue weighted by molar-refractivity contribution is 0.0481. The third-order valence-electron chi connectivity index (χ3n) is 6.86. The highest BCUT2D eigenvalue weighted by Gasteiger charge is 2.28. The summed E-state index contributed by atoms with van der Waals surface area (Å²) in [6.07, 6.45) is 1.72. The van der Waals surface area contributed by atoms with Crippen LogP contribution in [0.1, 0.15) is 12.8 Å². The van der Waals surface area contributed by atoms with E-state index in [1.807, 2.05) is 18.2 Å². The molecule has 1 unspecified atom stereocenters. The van der Waals surface area contributed by atoms with Crippen LogP contribution in [0.5, 0.6) is 11.5 Å². The van der Waals surface area contributed by atoms with Gasteiger partial charge in [0.25, 0.3) is 0 Å². The first-order valence-corrected chi connectivity index (χ1v) is 13.8. The Morgan fingerprint density at radius 1 is 1.06 bits per heavy atom. The number of hydrogen-bond acceptors (Lipinski definition) is 8. The maximum absolute atomic E-state index is 13.3. The fourth-order valence-electron chi connectivity index (χ4n) is 4.95. The van der Waals surface area contributed by atoms with Gasteiger partial charge in [0.1, 0.15) is 18.2 Å². The van der Waals surface area contributed by atoms with Crippen LogP contribution in [0.2, 0.25) is 5.02 Å². The summed E-state index contributed by atoms with van der Waals surface area (Å²) in [5, 5.41) is 9.39. The molecule has 36 heavy (non-hydrogen) atoms. The minimum Gasteiger partial charge on any atom is -0.486 e. The second-order valence-electron chi connectivity index (χ2n) is 9.28. The molecule has 6 rings (SSSR count). The molecule has 3 heterocycles. The largest absolute Gasteiger partial charge is 0.486 e. The lowest BCUT2D eigenvalue weighted by atomic mass is 9.97. The maximum atomic E-state index is 13.3. The van der Waals surface area contributed by atoms with E-state index < -0.39 is 10.0 Å². The quantitative estimate of drug-likeness (QED) is 0.402. The molecule has 3 aromatic carbocycles. The van der Waals surface area contributed by atoms with E-state index in [0.717, 1.165) is 32.5 Å². The summed E-state index contributed by atoms with van der Waals surface area (Å²) in [7, 11) is -3.74. The highest BCUT2D eigenvalue weighted by molar-refractivity contribution is 7.89. The smallest absolute Gasteiger partial charge is 0.241 e. The monoisotopic (exact) mass is 528 g/mol. The van der Waals surface area contributed by atoms with Crippen molar-refractivity contribution in [2.75, 3.05) is 32.8 Å². The van der Waals surface area contributed by atoms with Crippen molar-refractivity contribution < 1.29 is 22.4 Å². The lowest BCUT2D eigenvalue weighted by Gasteiger charge is -2.35. The van der Waals surface area contributed by atoms with E-state index in [4.69, 9.17) is 25.6 Å². The molecule has 1 fully saturated rings. The molecular formula is C25H25ClN4O5S.